The second-order valence-corrected chi connectivity index (χ2v) is 7.91. The normalized spacial score (nSPS) is 16.5. The molecule has 0 amide bonds. The second kappa shape index (κ2) is 6.74. The molecule has 5 rings (SSSR count). The van der Waals surface area contributed by atoms with Crippen LogP contribution in [-0.4, -0.2) is 28.0 Å². The van der Waals surface area contributed by atoms with Crippen molar-refractivity contribution in [3.05, 3.63) is 65.5 Å². The third-order valence-corrected chi connectivity index (χ3v) is 6.18. The van der Waals surface area contributed by atoms with E-state index in [0.29, 0.717) is 5.92 Å². The molecule has 4 heterocycles. The Kier molecular flexibility index (Phi) is 4.11. The number of aromatic nitrogens is 2. The summed E-state index contributed by atoms with van der Waals surface area (Å²) >= 11 is 1.66. The Morgan fingerprint density at radius 3 is 2.88 bits per heavy atom. The molecule has 1 aromatic carbocycles. The third-order valence-electron chi connectivity index (χ3n) is 5.32. The number of H-pyrrole nitrogens is 1. The van der Waals surface area contributed by atoms with Crippen LogP contribution in [0, 0.1) is 0 Å². The van der Waals surface area contributed by atoms with Crippen molar-refractivity contribution in [2.45, 2.75) is 25.3 Å². The van der Waals surface area contributed by atoms with Crippen molar-refractivity contribution in [3.63, 3.8) is 0 Å². The lowest BCUT2D eigenvalue weighted by molar-refractivity contribution is 0.203. The average molecular weight is 363 g/mol. The van der Waals surface area contributed by atoms with Crippen LogP contribution in [0.3, 0.4) is 0 Å². The topological polar surface area (TPSA) is 45.1 Å². The van der Waals surface area contributed by atoms with Crippen molar-refractivity contribution in [2.24, 2.45) is 0 Å². The van der Waals surface area contributed by atoms with Crippen LogP contribution in [0.4, 0.5) is 0 Å². The van der Waals surface area contributed by atoms with Crippen molar-refractivity contribution in [2.75, 3.05) is 13.1 Å². The zero-order valence-corrected chi connectivity index (χ0v) is 15.3. The van der Waals surface area contributed by atoms with Gasteiger partial charge in [0.1, 0.15) is 6.26 Å². The number of aromatic amines is 1. The predicted molar refractivity (Wildman–Crippen MR) is 105 cm³/mol. The highest BCUT2D eigenvalue weighted by molar-refractivity contribution is 7.13. The van der Waals surface area contributed by atoms with Gasteiger partial charge < -0.3 is 9.40 Å². The van der Waals surface area contributed by atoms with Gasteiger partial charge in [-0.15, -0.1) is 11.3 Å². The predicted octanol–water partition coefficient (Wildman–Crippen LogP) is 5.26. The number of hydrogen-bond donors (Lipinski definition) is 1. The fraction of sp³-hybridized carbons (Fsp3) is 0.286. The molecule has 0 atom stereocenters. The van der Waals surface area contributed by atoms with Crippen molar-refractivity contribution >= 4 is 22.2 Å². The molecule has 0 spiro atoms. The first-order valence-electron chi connectivity index (χ1n) is 9.13. The van der Waals surface area contributed by atoms with Crippen LogP contribution in [-0.2, 0) is 6.54 Å². The van der Waals surface area contributed by atoms with E-state index in [2.05, 4.69) is 50.7 Å². The van der Waals surface area contributed by atoms with E-state index < -0.39 is 0 Å². The van der Waals surface area contributed by atoms with Gasteiger partial charge in [-0.25, -0.2) is 4.98 Å². The van der Waals surface area contributed by atoms with Gasteiger partial charge in [0.15, 0.2) is 0 Å². The smallest absolute Gasteiger partial charge is 0.236 e. The molecule has 4 nitrogen and oxygen atoms in total. The summed E-state index contributed by atoms with van der Waals surface area (Å²) in [4.78, 5) is 11.7. The van der Waals surface area contributed by atoms with Crippen LogP contribution in [0.2, 0.25) is 0 Å². The summed E-state index contributed by atoms with van der Waals surface area (Å²) in [5.41, 5.74) is 3.74. The first-order valence-corrected chi connectivity index (χ1v) is 10.0. The second-order valence-electron chi connectivity index (χ2n) is 6.96. The first kappa shape index (κ1) is 15.9. The van der Waals surface area contributed by atoms with Crippen molar-refractivity contribution in [1.29, 1.82) is 0 Å². The maximum absolute atomic E-state index is 5.65. The molecule has 1 fully saturated rings. The van der Waals surface area contributed by atoms with Crippen LogP contribution < -0.4 is 0 Å². The molecule has 1 N–H and O–H groups in total. The monoisotopic (exact) mass is 363 g/mol. The lowest BCUT2D eigenvalue weighted by Crippen LogP contribution is -2.32. The average Bonchev–Trinajstić information content (AvgIpc) is 3.43. The van der Waals surface area contributed by atoms with Gasteiger partial charge >= 0.3 is 0 Å². The summed E-state index contributed by atoms with van der Waals surface area (Å²) in [5.74, 6) is 1.38. The number of para-hydroxylation sites is 1. The minimum absolute atomic E-state index is 0.640. The quantitative estimate of drug-likeness (QED) is 0.538. The molecular formula is C21H21N3OS. The number of rotatable bonds is 4. The number of piperidine rings is 1. The molecule has 0 aliphatic carbocycles. The maximum Gasteiger partial charge on any atom is 0.236 e. The lowest BCUT2D eigenvalue weighted by atomic mass is 9.89. The maximum atomic E-state index is 5.65. The molecule has 0 bridgehead atoms. The van der Waals surface area contributed by atoms with Crippen LogP contribution in [0.15, 0.2) is 58.7 Å². The molecule has 132 valence electrons. The third kappa shape index (κ3) is 2.97. The molecule has 3 aromatic heterocycles. The number of oxazole rings is 1. The summed E-state index contributed by atoms with van der Waals surface area (Å²) in [6, 6.07) is 12.7. The van der Waals surface area contributed by atoms with E-state index in [1.807, 2.05) is 12.1 Å². The van der Waals surface area contributed by atoms with E-state index in [1.54, 1.807) is 17.6 Å². The van der Waals surface area contributed by atoms with E-state index in [4.69, 9.17) is 4.42 Å². The number of benzene rings is 1. The van der Waals surface area contributed by atoms with E-state index in [-0.39, 0.29) is 0 Å². The van der Waals surface area contributed by atoms with E-state index in [1.165, 1.54) is 29.3 Å². The molecule has 4 aromatic rings. The number of nitrogens with zero attached hydrogens (tertiary/aromatic N) is 2. The zero-order valence-electron chi connectivity index (χ0n) is 14.5. The van der Waals surface area contributed by atoms with Crippen molar-refractivity contribution in [1.82, 2.24) is 14.9 Å². The molecule has 1 aliphatic rings. The van der Waals surface area contributed by atoms with Crippen LogP contribution in [0.1, 0.15) is 30.0 Å². The molecular weight excluding hydrogens is 342 g/mol. The highest BCUT2D eigenvalue weighted by atomic mass is 32.1. The Hall–Kier alpha value is -2.37. The van der Waals surface area contributed by atoms with Crippen molar-refractivity contribution < 1.29 is 4.42 Å². The fourth-order valence-electron chi connectivity index (χ4n) is 3.96. The van der Waals surface area contributed by atoms with E-state index >= 15 is 0 Å². The Balaban J connectivity index is 1.23. The van der Waals surface area contributed by atoms with Gasteiger partial charge in [0.25, 0.3) is 0 Å². The van der Waals surface area contributed by atoms with Gasteiger partial charge in [-0.05, 0) is 54.9 Å². The van der Waals surface area contributed by atoms with Gasteiger partial charge in [-0.2, -0.15) is 0 Å². The molecule has 1 saturated heterocycles. The Morgan fingerprint density at radius 1 is 1.15 bits per heavy atom. The first-order chi connectivity index (χ1) is 12.9. The summed E-state index contributed by atoms with van der Waals surface area (Å²) in [6.45, 7) is 3.08. The zero-order chi connectivity index (χ0) is 17.3. The molecule has 0 radical (unpaired) electrons. The number of thiophene rings is 1. The van der Waals surface area contributed by atoms with Gasteiger partial charge in [0.05, 0.1) is 10.6 Å². The summed E-state index contributed by atoms with van der Waals surface area (Å²) in [5, 5.41) is 3.43. The standard InChI is InChI=1S/C21H21N3OS/c1-2-5-19-17(4-1)18(12-22-19)15-7-9-24(10-8-15)13-16-14-25-21(23-16)20-6-3-11-26-20/h1-6,11-12,14-15,22H,7-10,13H2. The molecule has 0 saturated carbocycles. The Bertz CT molecular complexity index is 993. The fourth-order valence-corrected chi connectivity index (χ4v) is 4.61. The van der Waals surface area contributed by atoms with Crippen LogP contribution in [0.5, 0.6) is 0 Å². The number of nitrogens with one attached hydrogen (secondary N) is 1. The highest BCUT2D eigenvalue weighted by Gasteiger charge is 2.23. The van der Waals surface area contributed by atoms with Gasteiger partial charge in [-0.1, -0.05) is 24.3 Å². The SMILES string of the molecule is c1csc(-c2nc(CN3CCC(c4c[nH]c5ccccc45)CC3)co2)c1. The van der Waals surface area contributed by atoms with Crippen molar-refractivity contribution in [3.8, 4) is 10.8 Å². The number of hydrogen-bond acceptors (Lipinski definition) is 4. The lowest BCUT2D eigenvalue weighted by Gasteiger charge is -2.31. The minimum atomic E-state index is 0.640. The van der Waals surface area contributed by atoms with Crippen LogP contribution in [0.25, 0.3) is 21.7 Å². The Labute approximate surface area is 156 Å². The number of fused-ring (bicyclic) bond motifs is 1. The van der Waals surface area contributed by atoms with Gasteiger partial charge in [0, 0.05) is 23.6 Å². The highest BCUT2D eigenvalue weighted by Crippen LogP contribution is 2.33. The van der Waals surface area contributed by atoms with Gasteiger partial charge in [-0.3, -0.25) is 4.90 Å². The summed E-state index contributed by atoms with van der Waals surface area (Å²) in [6.07, 6.45) is 6.39. The molecule has 26 heavy (non-hydrogen) atoms. The molecule has 0 unspecified atom stereocenters. The minimum Gasteiger partial charge on any atom is -0.444 e. The Morgan fingerprint density at radius 2 is 2.04 bits per heavy atom. The summed E-state index contributed by atoms with van der Waals surface area (Å²) in [7, 11) is 0. The van der Waals surface area contributed by atoms with Gasteiger partial charge in [0.2, 0.25) is 5.89 Å². The van der Waals surface area contributed by atoms with E-state index in [9.17, 15) is 0 Å². The van der Waals surface area contributed by atoms with E-state index in [0.717, 1.165) is 36.1 Å². The van der Waals surface area contributed by atoms with Crippen LogP contribution >= 0.6 is 11.3 Å². The number of likely N-dealkylation sites (tertiary alicyclic amines) is 1. The largest absolute Gasteiger partial charge is 0.444 e. The summed E-state index contributed by atoms with van der Waals surface area (Å²) < 4.78 is 5.65. The molecule has 5 heteroatoms. The molecule has 1 aliphatic heterocycles.